The van der Waals surface area contributed by atoms with Crippen LogP contribution in [-0.2, 0) is 38.1 Å². The number of rotatable bonds is 16. The number of carbonyl (C=O) groups excluding carboxylic acids is 3. The van der Waals surface area contributed by atoms with Crippen molar-refractivity contribution >= 4 is 17.8 Å². The lowest BCUT2D eigenvalue weighted by Crippen LogP contribution is -2.37. The highest BCUT2D eigenvalue weighted by atomic mass is 16.5. The van der Waals surface area contributed by atoms with Crippen LogP contribution < -0.4 is 5.32 Å². The smallest absolute Gasteiger partial charge is 0.307 e. The van der Waals surface area contributed by atoms with Gasteiger partial charge in [-0.1, -0.05) is 6.07 Å². The summed E-state index contributed by atoms with van der Waals surface area (Å²) in [4.78, 5) is 41.9. The van der Waals surface area contributed by atoms with Crippen molar-refractivity contribution < 1.29 is 38.1 Å². The van der Waals surface area contributed by atoms with Gasteiger partial charge in [0.15, 0.2) is 0 Å². The van der Waals surface area contributed by atoms with E-state index in [9.17, 15) is 14.4 Å². The van der Waals surface area contributed by atoms with Crippen LogP contribution >= 0.6 is 0 Å². The summed E-state index contributed by atoms with van der Waals surface area (Å²) in [7, 11) is 3.09. The van der Waals surface area contributed by atoms with Gasteiger partial charge in [0.05, 0.1) is 77.3 Å². The molecule has 3 rings (SSSR count). The molecular weight excluding hydrogens is 494 g/mol. The van der Waals surface area contributed by atoms with Crippen molar-refractivity contribution in [2.24, 2.45) is 5.92 Å². The van der Waals surface area contributed by atoms with Gasteiger partial charge >= 0.3 is 5.97 Å². The average molecular weight is 536 g/mol. The molecule has 212 valence electrons. The Labute approximate surface area is 224 Å². The second kappa shape index (κ2) is 16.4. The molecule has 1 aromatic rings. The van der Waals surface area contributed by atoms with Crippen molar-refractivity contribution in [3.05, 3.63) is 30.1 Å². The van der Waals surface area contributed by atoms with Gasteiger partial charge in [-0.25, -0.2) is 0 Å². The molecule has 0 radical (unpaired) electrons. The van der Waals surface area contributed by atoms with E-state index in [1.807, 2.05) is 12.1 Å². The molecule has 0 aromatic carbocycles. The third-order valence-corrected chi connectivity index (χ3v) is 6.96. The summed E-state index contributed by atoms with van der Waals surface area (Å²) in [5.41, 5.74) is 0.865. The fourth-order valence-corrected chi connectivity index (χ4v) is 4.86. The maximum atomic E-state index is 12.8. The lowest BCUT2D eigenvalue weighted by molar-refractivity contribution is -0.142. The first-order chi connectivity index (χ1) is 18.5. The Bertz CT molecular complexity index is 863. The molecule has 0 bridgehead atoms. The van der Waals surface area contributed by atoms with Gasteiger partial charge in [-0.15, -0.1) is 0 Å². The maximum Gasteiger partial charge on any atom is 0.307 e. The van der Waals surface area contributed by atoms with E-state index in [1.165, 1.54) is 7.11 Å². The van der Waals surface area contributed by atoms with Crippen molar-refractivity contribution in [2.75, 3.05) is 60.3 Å². The van der Waals surface area contributed by atoms with Gasteiger partial charge in [0.1, 0.15) is 0 Å². The van der Waals surface area contributed by atoms with Crippen LogP contribution in [0.25, 0.3) is 0 Å². The minimum Gasteiger partial charge on any atom is -0.469 e. The summed E-state index contributed by atoms with van der Waals surface area (Å²) in [5.74, 6) is -0.894. The van der Waals surface area contributed by atoms with Gasteiger partial charge in [-0.05, 0) is 37.3 Å². The zero-order valence-corrected chi connectivity index (χ0v) is 22.5. The molecule has 1 saturated heterocycles. The maximum absolute atomic E-state index is 12.8. The lowest BCUT2D eigenvalue weighted by Gasteiger charge is -2.29. The number of amides is 2. The molecule has 1 aliphatic carbocycles. The SMILES string of the molecule is COC(=O)CCOCCOCCOC1CCC(OCCNC(=O)[C@H]2CC(=O)N(C)[C@@H]2c2cccnc2)CC1. The van der Waals surface area contributed by atoms with Crippen molar-refractivity contribution in [3.63, 3.8) is 0 Å². The number of aromatic nitrogens is 1. The number of hydrogen-bond donors (Lipinski definition) is 1. The van der Waals surface area contributed by atoms with Gasteiger partial charge in [0.25, 0.3) is 0 Å². The molecule has 2 aliphatic rings. The highest BCUT2D eigenvalue weighted by Gasteiger charge is 2.42. The highest BCUT2D eigenvalue weighted by Crippen LogP contribution is 2.36. The zero-order chi connectivity index (χ0) is 27.2. The van der Waals surface area contributed by atoms with Crippen LogP contribution in [0.4, 0.5) is 0 Å². The first-order valence-electron chi connectivity index (χ1n) is 13.4. The van der Waals surface area contributed by atoms with Gasteiger partial charge in [0.2, 0.25) is 11.8 Å². The molecule has 0 spiro atoms. The van der Waals surface area contributed by atoms with Gasteiger partial charge in [-0.2, -0.15) is 0 Å². The molecule has 11 heteroatoms. The number of hydrogen-bond acceptors (Lipinski definition) is 9. The van der Waals surface area contributed by atoms with E-state index in [4.69, 9.17) is 18.9 Å². The van der Waals surface area contributed by atoms with Crippen molar-refractivity contribution in [1.29, 1.82) is 0 Å². The number of esters is 1. The van der Waals surface area contributed by atoms with Crippen molar-refractivity contribution in [1.82, 2.24) is 15.2 Å². The Morgan fingerprint density at radius 1 is 1.00 bits per heavy atom. The van der Waals surface area contributed by atoms with Crippen LogP contribution in [0.1, 0.15) is 50.1 Å². The Balaban J connectivity index is 1.21. The first-order valence-corrected chi connectivity index (χ1v) is 13.4. The fraction of sp³-hybridized carbons (Fsp3) is 0.704. The average Bonchev–Trinajstić information content (AvgIpc) is 3.24. The first kappa shape index (κ1) is 29.9. The number of pyridine rings is 1. The quantitative estimate of drug-likeness (QED) is 0.248. The van der Waals surface area contributed by atoms with E-state index < -0.39 is 5.92 Å². The van der Waals surface area contributed by atoms with E-state index in [0.29, 0.717) is 46.2 Å². The summed E-state index contributed by atoms with van der Waals surface area (Å²) in [5, 5.41) is 2.95. The van der Waals surface area contributed by atoms with Crippen molar-refractivity contribution in [2.45, 2.75) is 56.8 Å². The van der Waals surface area contributed by atoms with E-state index in [-0.39, 0.29) is 48.9 Å². The number of ether oxygens (including phenoxy) is 5. The van der Waals surface area contributed by atoms with Crippen LogP contribution in [0.2, 0.25) is 0 Å². The molecule has 1 aliphatic heterocycles. The third-order valence-electron chi connectivity index (χ3n) is 6.96. The predicted octanol–water partition coefficient (Wildman–Crippen LogP) is 1.66. The van der Waals surface area contributed by atoms with E-state index >= 15 is 0 Å². The van der Waals surface area contributed by atoms with E-state index in [0.717, 1.165) is 31.2 Å². The molecule has 1 N–H and O–H groups in total. The largest absolute Gasteiger partial charge is 0.469 e. The molecule has 38 heavy (non-hydrogen) atoms. The van der Waals surface area contributed by atoms with E-state index in [2.05, 4.69) is 15.0 Å². The Morgan fingerprint density at radius 3 is 2.32 bits per heavy atom. The van der Waals surface area contributed by atoms with Gasteiger partial charge in [-0.3, -0.25) is 19.4 Å². The van der Waals surface area contributed by atoms with E-state index in [1.54, 1.807) is 24.3 Å². The zero-order valence-electron chi connectivity index (χ0n) is 22.5. The molecule has 2 amide bonds. The number of nitrogens with zero attached hydrogens (tertiary/aromatic N) is 2. The molecule has 11 nitrogen and oxygen atoms in total. The number of likely N-dealkylation sites (tertiary alicyclic amines) is 1. The normalized spacial score (nSPS) is 23.4. The summed E-state index contributed by atoms with van der Waals surface area (Å²) in [6.07, 6.45) is 7.88. The van der Waals surface area contributed by atoms with Crippen LogP contribution in [0.15, 0.2) is 24.5 Å². The van der Waals surface area contributed by atoms with Gasteiger partial charge < -0.3 is 33.9 Å². The summed E-state index contributed by atoms with van der Waals surface area (Å²) < 4.78 is 27.2. The molecule has 2 heterocycles. The third kappa shape index (κ3) is 9.61. The second-order valence-electron chi connectivity index (χ2n) is 9.53. The highest BCUT2D eigenvalue weighted by molar-refractivity contribution is 5.90. The number of carbonyl (C=O) groups is 3. The Kier molecular flexibility index (Phi) is 12.9. The number of methoxy groups -OCH3 is 1. The minimum atomic E-state index is -0.438. The second-order valence-corrected chi connectivity index (χ2v) is 9.53. The molecular formula is C27H41N3O8. The molecule has 1 saturated carbocycles. The fourth-order valence-electron chi connectivity index (χ4n) is 4.86. The van der Waals surface area contributed by atoms with Crippen LogP contribution in [0.5, 0.6) is 0 Å². The molecule has 1 aromatic heterocycles. The molecule has 2 fully saturated rings. The van der Waals surface area contributed by atoms with Crippen LogP contribution in [0, 0.1) is 5.92 Å². The summed E-state index contributed by atoms with van der Waals surface area (Å²) in [6, 6.07) is 3.41. The monoisotopic (exact) mass is 535 g/mol. The van der Waals surface area contributed by atoms with Gasteiger partial charge in [0, 0.05) is 32.4 Å². The Morgan fingerprint density at radius 2 is 1.66 bits per heavy atom. The minimum absolute atomic E-state index is 0.0396. The van der Waals surface area contributed by atoms with Crippen LogP contribution in [-0.4, -0.2) is 100 Å². The van der Waals surface area contributed by atoms with Crippen molar-refractivity contribution in [3.8, 4) is 0 Å². The summed E-state index contributed by atoms with van der Waals surface area (Å²) >= 11 is 0. The summed E-state index contributed by atoms with van der Waals surface area (Å²) in [6.45, 7) is 3.10. The predicted molar refractivity (Wildman–Crippen MR) is 137 cm³/mol. The Hall–Kier alpha value is -2.60. The topological polar surface area (TPSA) is 126 Å². The molecule has 2 atom stereocenters. The van der Waals surface area contributed by atoms with Crippen LogP contribution in [0.3, 0.4) is 0 Å². The number of nitrogens with one attached hydrogen (secondary N) is 1. The lowest BCUT2D eigenvalue weighted by atomic mass is 9.94. The molecule has 0 unspecified atom stereocenters. The standard InChI is InChI=1S/C27H41N3O8/c1-30-24(31)18-23(26(30)20-4-3-10-28-19-20)27(33)29-11-13-37-21-5-7-22(8-6-21)38-17-16-36-15-14-35-12-9-25(32)34-2/h3-4,10,19,21-23,26H,5-9,11-18H2,1-2H3,(H,29,33)/t21?,22?,23-,26+/m0/s1.